The van der Waals surface area contributed by atoms with E-state index < -0.39 is 0 Å². The Kier molecular flexibility index (Phi) is 3.71. The van der Waals surface area contributed by atoms with E-state index in [1.165, 1.54) is 12.1 Å². The van der Waals surface area contributed by atoms with Gasteiger partial charge in [-0.1, -0.05) is 6.07 Å². The van der Waals surface area contributed by atoms with Gasteiger partial charge in [-0.25, -0.2) is 4.39 Å². The number of halogens is 1. The maximum absolute atomic E-state index is 12.9. The first kappa shape index (κ1) is 12.0. The highest BCUT2D eigenvalue weighted by molar-refractivity contribution is 5.95. The summed E-state index contributed by atoms with van der Waals surface area (Å²) in [4.78, 5) is 14.0. The standard InChI is InChI=1S/C12H16FN3O/c1-16-6-5-14-11(8-16)12(17)15-10-4-2-3-9(13)7-10/h2-4,7,11,14H,5-6,8H2,1H3,(H,15,17). The van der Waals surface area contributed by atoms with E-state index in [2.05, 4.69) is 15.5 Å². The van der Waals surface area contributed by atoms with Crippen molar-refractivity contribution in [1.82, 2.24) is 10.2 Å². The van der Waals surface area contributed by atoms with Crippen molar-refractivity contribution in [2.45, 2.75) is 6.04 Å². The molecular formula is C12H16FN3O. The third kappa shape index (κ3) is 3.25. The summed E-state index contributed by atoms with van der Waals surface area (Å²) in [5.41, 5.74) is 0.491. The van der Waals surface area contributed by atoms with Gasteiger partial charge >= 0.3 is 0 Å². The molecule has 1 heterocycles. The van der Waals surface area contributed by atoms with Crippen LogP contribution in [0.5, 0.6) is 0 Å². The molecule has 1 aromatic rings. The van der Waals surface area contributed by atoms with Crippen molar-refractivity contribution >= 4 is 11.6 Å². The van der Waals surface area contributed by atoms with Gasteiger partial charge in [0.05, 0.1) is 6.04 Å². The van der Waals surface area contributed by atoms with Crippen LogP contribution >= 0.6 is 0 Å². The van der Waals surface area contributed by atoms with E-state index in [4.69, 9.17) is 0 Å². The molecule has 1 aliphatic rings. The number of likely N-dealkylation sites (N-methyl/N-ethyl adjacent to an activating group) is 1. The molecule has 2 N–H and O–H groups in total. The summed E-state index contributed by atoms with van der Waals surface area (Å²) in [6.07, 6.45) is 0. The number of hydrogen-bond acceptors (Lipinski definition) is 3. The molecule has 0 aliphatic carbocycles. The number of carbonyl (C=O) groups is 1. The van der Waals surface area contributed by atoms with E-state index in [1.807, 2.05) is 7.05 Å². The number of carbonyl (C=O) groups excluding carboxylic acids is 1. The predicted molar refractivity (Wildman–Crippen MR) is 64.3 cm³/mol. The van der Waals surface area contributed by atoms with Crippen LogP contribution in [0.15, 0.2) is 24.3 Å². The fourth-order valence-corrected chi connectivity index (χ4v) is 1.87. The molecule has 0 bridgehead atoms. The maximum atomic E-state index is 12.9. The molecule has 1 atom stereocenters. The summed E-state index contributed by atoms with van der Waals surface area (Å²) in [6.45, 7) is 2.39. The molecule has 2 rings (SSSR count). The molecule has 0 radical (unpaired) electrons. The van der Waals surface area contributed by atoms with Crippen LogP contribution in [-0.4, -0.2) is 43.5 Å². The third-order valence-electron chi connectivity index (χ3n) is 2.79. The number of rotatable bonds is 2. The van der Waals surface area contributed by atoms with Crippen LogP contribution in [0.25, 0.3) is 0 Å². The second-order valence-electron chi connectivity index (χ2n) is 4.27. The predicted octanol–water partition coefficient (Wildman–Crippen LogP) is 0.668. The minimum atomic E-state index is -0.350. The van der Waals surface area contributed by atoms with Gasteiger partial charge in [0.1, 0.15) is 5.82 Å². The zero-order valence-corrected chi connectivity index (χ0v) is 9.74. The molecule has 1 amide bonds. The first-order valence-electron chi connectivity index (χ1n) is 5.63. The second kappa shape index (κ2) is 5.25. The first-order valence-corrected chi connectivity index (χ1v) is 5.63. The van der Waals surface area contributed by atoms with Crippen LogP contribution in [0.1, 0.15) is 0 Å². The lowest BCUT2D eigenvalue weighted by molar-refractivity contribution is -0.119. The van der Waals surface area contributed by atoms with Crippen LogP contribution < -0.4 is 10.6 Å². The van der Waals surface area contributed by atoms with Crippen LogP contribution in [0.3, 0.4) is 0 Å². The van der Waals surface area contributed by atoms with Crippen molar-refractivity contribution in [3.05, 3.63) is 30.1 Å². The normalized spacial score (nSPS) is 21.2. The second-order valence-corrected chi connectivity index (χ2v) is 4.27. The van der Waals surface area contributed by atoms with Crippen molar-refractivity contribution in [2.24, 2.45) is 0 Å². The van der Waals surface area contributed by atoms with Crippen LogP contribution in [-0.2, 0) is 4.79 Å². The average molecular weight is 237 g/mol. The van der Waals surface area contributed by atoms with Crippen molar-refractivity contribution in [1.29, 1.82) is 0 Å². The largest absolute Gasteiger partial charge is 0.325 e. The molecule has 0 spiro atoms. The maximum Gasteiger partial charge on any atom is 0.242 e. The molecule has 1 unspecified atom stereocenters. The number of anilines is 1. The van der Waals surface area contributed by atoms with Crippen molar-refractivity contribution in [3.63, 3.8) is 0 Å². The lowest BCUT2D eigenvalue weighted by Crippen LogP contribution is -2.54. The Morgan fingerprint density at radius 2 is 2.41 bits per heavy atom. The number of nitrogens with one attached hydrogen (secondary N) is 2. The van der Waals surface area contributed by atoms with Crippen molar-refractivity contribution in [2.75, 3.05) is 32.0 Å². The Morgan fingerprint density at radius 1 is 1.59 bits per heavy atom. The fourth-order valence-electron chi connectivity index (χ4n) is 1.87. The van der Waals surface area contributed by atoms with Crippen LogP contribution in [0.4, 0.5) is 10.1 Å². The molecule has 1 fully saturated rings. The molecular weight excluding hydrogens is 221 g/mol. The molecule has 92 valence electrons. The van der Waals surface area contributed by atoms with Gasteiger partial charge in [-0.2, -0.15) is 0 Å². The minimum absolute atomic E-state index is 0.123. The van der Waals surface area contributed by atoms with E-state index in [0.717, 1.165) is 13.1 Å². The van der Waals surface area contributed by atoms with E-state index >= 15 is 0 Å². The molecule has 4 nitrogen and oxygen atoms in total. The highest BCUT2D eigenvalue weighted by Gasteiger charge is 2.23. The topological polar surface area (TPSA) is 44.4 Å². The molecule has 1 saturated heterocycles. The third-order valence-corrected chi connectivity index (χ3v) is 2.79. The van der Waals surface area contributed by atoms with Gasteiger partial charge in [-0.3, -0.25) is 4.79 Å². The Balaban J connectivity index is 1.96. The number of hydrogen-bond donors (Lipinski definition) is 2. The van der Waals surface area contributed by atoms with Crippen LogP contribution in [0, 0.1) is 5.82 Å². The molecule has 0 aromatic heterocycles. The summed E-state index contributed by atoms with van der Waals surface area (Å²) in [7, 11) is 1.98. The van der Waals surface area contributed by atoms with Gasteiger partial charge < -0.3 is 15.5 Å². The summed E-state index contributed by atoms with van der Waals surface area (Å²) >= 11 is 0. The van der Waals surface area contributed by atoms with Gasteiger partial charge in [0.25, 0.3) is 0 Å². The quantitative estimate of drug-likeness (QED) is 0.794. The molecule has 5 heteroatoms. The SMILES string of the molecule is CN1CCNC(C(=O)Nc2cccc(F)c2)C1. The zero-order valence-electron chi connectivity index (χ0n) is 9.74. The molecule has 1 aromatic carbocycles. The fraction of sp³-hybridized carbons (Fsp3) is 0.417. The number of benzene rings is 1. The zero-order chi connectivity index (χ0) is 12.3. The Morgan fingerprint density at radius 3 is 3.12 bits per heavy atom. The summed E-state index contributed by atoms with van der Waals surface area (Å²) in [5, 5.41) is 5.84. The highest BCUT2D eigenvalue weighted by atomic mass is 19.1. The number of nitrogens with zero attached hydrogens (tertiary/aromatic N) is 1. The monoisotopic (exact) mass is 237 g/mol. The van der Waals surface area contributed by atoms with Gasteiger partial charge in [0.2, 0.25) is 5.91 Å². The Bertz CT molecular complexity index is 410. The summed E-state index contributed by atoms with van der Waals surface area (Å²) in [6, 6.07) is 5.67. The van der Waals surface area contributed by atoms with Crippen molar-refractivity contribution in [3.8, 4) is 0 Å². The van der Waals surface area contributed by atoms with Gasteiger partial charge in [0.15, 0.2) is 0 Å². The average Bonchev–Trinajstić information content (AvgIpc) is 2.29. The number of amides is 1. The Hall–Kier alpha value is -1.46. The van der Waals surface area contributed by atoms with Crippen LogP contribution in [0.2, 0.25) is 0 Å². The lowest BCUT2D eigenvalue weighted by atomic mass is 10.2. The number of piperazine rings is 1. The van der Waals surface area contributed by atoms with E-state index in [9.17, 15) is 9.18 Å². The van der Waals surface area contributed by atoms with Gasteiger partial charge in [0, 0.05) is 25.3 Å². The van der Waals surface area contributed by atoms with Crippen molar-refractivity contribution < 1.29 is 9.18 Å². The summed E-state index contributed by atoms with van der Waals surface area (Å²) < 4.78 is 12.9. The van der Waals surface area contributed by atoms with E-state index in [1.54, 1.807) is 12.1 Å². The molecule has 0 saturated carbocycles. The van der Waals surface area contributed by atoms with E-state index in [0.29, 0.717) is 12.2 Å². The van der Waals surface area contributed by atoms with Gasteiger partial charge in [-0.05, 0) is 25.2 Å². The molecule has 1 aliphatic heterocycles. The smallest absolute Gasteiger partial charge is 0.242 e. The van der Waals surface area contributed by atoms with E-state index in [-0.39, 0.29) is 17.8 Å². The van der Waals surface area contributed by atoms with Gasteiger partial charge in [-0.15, -0.1) is 0 Å². The first-order chi connectivity index (χ1) is 8.15. The lowest BCUT2D eigenvalue weighted by Gasteiger charge is -2.29. The minimum Gasteiger partial charge on any atom is -0.325 e. The molecule has 17 heavy (non-hydrogen) atoms. The summed E-state index contributed by atoms with van der Waals surface area (Å²) in [5.74, 6) is -0.473. The Labute approximate surface area is 99.8 Å². The highest BCUT2D eigenvalue weighted by Crippen LogP contribution is 2.10.